The molecule has 2 amide bonds. The van der Waals surface area contributed by atoms with Crippen LogP contribution in [-0.2, 0) is 4.79 Å². The third-order valence-corrected chi connectivity index (χ3v) is 4.30. The minimum atomic E-state index is -0.214. The molecule has 1 aromatic rings. The molecular formula is C19H23NO2S. The first kappa shape index (κ1) is 19.0. The highest BCUT2D eigenvalue weighted by Gasteiger charge is 2.32. The minimum Gasteiger partial charge on any atom is -0.272 e. The number of carbonyl (C=O) groups excluding carboxylic acids is 2. The summed E-state index contributed by atoms with van der Waals surface area (Å²) < 4.78 is 0. The van der Waals surface area contributed by atoms with Crippen molar-refractivity contribution in [2.45, 2.75) is 27.7 Å². The quantitative estimate of drug-likeness (QED) is 0.693. The zero-order valence-corrected chi connectivity index (χ0v) is 13.8. The molecule has 2 aliphatic rings. The molecule has 0 N–H and O–H groups in total. The van der Waals surface area contributed by atoms with Crippen molar-refractivity contribution in [2.75, 3.05) is 7.05 Å². The lowest BCUT2D eigenvalue weighted by Crippen LogP contribution is -2.22. The van der Waals surface area contributed by atoms with Gasteiger partial charge in [0.05, 0.1) is 4.91 Å². The second-order valence-electron chi connectivity index (χ2n) is 4.72. The normalized spacial score (nSPS) is 18.2. The molecule has 1 aliphatic heterocycles. The number of hydrogen-bond donors (Lipinski definition) is 0. The third-order valence-electron chi connectivity index (χ3n) is 3.34. The van der Waals surface area contributed by atoms with Gasteiger partial charge in [-0.1, -0.05) is 63.8 Å². The molecule has 0 atom stereocenters. The number of rotatable bonds is 2. The number of amides is 2. The van der Waals surface area contributed by atoms with Gasteiger partial charge in [0.25, 0.3) is 11.1 Å². The maximum absolute atomic E-state index is 11.8. The molecule has 0 unspecified atom stereocenters. The van der Waals surface area contributed by atoms with E-state index in [0.29, 0.717) is 4.91 Å². The van der Waals surface area contributed by atoms with Crippen LogP contribution in [0.15, 0.2) is 59.0 Å². The van der Waals surface area contributed by atoms with Crippen molar-refractivity contribution < 1.29 is 9.59 Å². The van der Waals surface area contributed by atoms with E-state index < -0.39 is 0 Å². The Bertz CT molecular complexity index is 672. The number of thioether (sulfide) groups is 1. The van der Waals surface area contributed by atoms with Crippen LogP contribution in [0, 0.1) is 0 Å². The first-order chi connectivity index (χ1) is 10.6. The van der Waals surface area contributed by atoms with Gasteiger partial charge in [-0.3, -0.25) is 14.5 Å². The van der Waals surface area contributed by atoms with Crippen LogP contribution in [-0.4, -0.2) is 23.1 Å². The third kappa shape index (κ3) is 4.23. The molecule has 0 radical (unpaired) electrons. The van der Waals surface area contributed by atoms with E-state index in [1.165, 1.54) is 18.2 Å². The fourth-order valence-corrected chi connectivity index (χ4v) is 3.05. The Hall–Kier alpha value is -2.07. The van der Waals surface area contributed by atoms with Gasteiger partial charge in [-0.25, -0.2) is 0 Å². The molecule has 0 saturated carbocycles. The molecular weight excluding hydrogens is 306 g/mol. The summed E-state index contributed by atoms with van der Waals surface area (Å²) in [5, 5.41) is -0.212. The van der Waals surface area contributed by atoms with Crippen molar-refractivity contribution in [2.24, 2.45) is 0 Å². The van der Waals surface area contributed by atoms with Crippen molar-refractivity contribution in [3.8, 4) is 0 Å². The zero-order valence-electron chi connectivity index (χ0n) is 13.0. The number of allylic oxidation sites excluding steroid dienone is 5. The number of hydrogen-bond acceptors (Lipinski definition) is 3. The van der Waals surface area contributed by atoms with Crippen LogP contribution < -0.4 is 0 Å². The average molecular weight is 329 g/mol. The number of likely N-dealkylation sites (N-methyl/N-ethyl adjacent to an activating group) is 1. The van der Waals surface area contributed by atoms with Crippen molar-refractivity contribution in [3.63, 3.8) is 0 Å². The number of benzene rings is 1. The fraction of sp³-hybridized carbons (Fsp3) is 0.263. The molecule has 1 aliphatic carbocycles. The first-order valence-corrected chi connectivity index (χ1v) is 8.13. The summed E-state index contributed by atoms with van der Waals surface area (Å²) in [5.41, 5.74) is 3.48. The summed E-state index contributed by atoms with van der Waals surface area (Å²) in [4.78, 5) is 24.9. The average Bonchev–Trinajstić information content (AvgIpc) is 3.12. The van der Waals surface area contributed by atoms with Crippen molar-refractivity contribution in [1.82, 2.24) is 4.90 Å². The van der Waals surface area contributed by atoms with E-state index in [4.69, 9.17) is 0 Å². The summed E-state index contributed by atoms with van der Waals surface area (Å²) in [5.74, 6) is -0.214. The summed E-state index contributed by atoms with van der Waals surface area (Å²) >= 11 is 1.00. The minimum absolute atomic E-state index is 0. The molecule has 0 spiro atoms. The highest BCUT2D eigenvalue weighted by molar-refractivity contribution is 8.18. The van der Waals surface area contributed by atoms with Crippen LogP contribution in [0.4, 0.5) is 4.79 Å². The van der Waals surface area contributed by atoms with Crippen LogP contribution in [0.2, 0.25) is 0 Å². The largest absolute Gasteiger partial charge is 0.293 e. The fourth-order valence-electron chi connectivity index (χ4n) is 2.21. The standard InChI is InChI=1S/C16H13NO2S.C2H6.CH4/c1-17-15(18)14(20-16(17)19)10-11-7-8-13(9-11)12-5-3-2-4-6-12;1-2;/h2-8,10H,9H2,1H3;1-2H3;1H4/b14-10-;;. The maximum atomic E-state index is 11.8. The van der Waals surface area contributed by atoms with E-state index in [0.717, 1.165) is 28.7 Å². The molecule has 1 heterocycles. The Labute approximate surface area is 142 Å². The second-order valence-corrected chi connectivity index (χ2v) is 5.71. The van der Waals surface area contributed by atoms with Gasteiger partial charge in [0, 0.05) is 7.05 Å². The van der Waals surface area contributed by atoms with Gasteiger partial charge in [0.2, 0.25) is 0 Å². The van der Waals surface area contributed by atoms with E-state index in [1.54, 1.807) is 0 Å². The Morgan fingerprint density at radius 2 is 1.74 bits per heavy atom. The number of imide groups is 1. The van der Waals surface area contributed by atoms with Crippen LogP contribution >= 0.6 is 11.8 Å². The lowest BCUT2D eigenvalue weighted by molar-refractivity contribution is -0.121. The van der Waals surface area contributed by atoms with Gasteiger partial charge < -0.3 is 0 Å². The van der Waals surface area contributed by atoms with Crippen molar-refractivity contribution in [3.05, 3.63) is 64.6 Å². The van der Waals surface area contributed by atoms with Crippen LogP contribution in [0.25, 0.3) is 5.57 Å². The van der Waals surface area contributed by atoms with E-state index in [9.17, 15) is 9.59 Å². The zero-order chi connectivity index (χ0) is 16.1. The molecule has 1 aromatic carbocycles. The molecule has 122 valence electrons. The monoisotopic (exact) mass is 329 g/mol. The van der Waals surface area contributed by atoms with Gasteiger partial charge >= 0.3 is 0 Å². The first-order valence-electron chi connectivity index (χ1n) is 7.32. The Morgan fingerprint density at radius 1 is 1.09 bits per heavy atom. The molecule has 3 rings (SSSR count). The lowest BCUT2D eigenvalue weighted by Gasteiger charge is -2.03. The lowest BCUT2D eigenvalue weighted by atomic mass is 10.0. The Morgan fingerprint density at radius 3 is 2.30 bits per heavy atom. The molecule has 4 heteroatoms. The predicted molar refractivity (Wildman–Crippen MR) is 99.0 cm³/mol. The SMILES string of the molecule is C.CC.CN1C(=O)S/C(=C\C2=CC=C(c3ccccc3)C2)C1=O. The van der Waals surface area contributed by atoms with Gasteiger partial charge in [0.15, 0.2) is 0 Å². The molecule has 23 heavy (non-hydrogen) atoms. The molecule has 3 nitrogen and oxygen atoms in total. The maximum Gasteiger partial charge on any atom is 0.293 e. The van der Waals surface area contributed by atoms with Gasteiger partial charge in [0.1, 0.15) is 0 Å². The number of carbonyl (C=O) groups is 2. The highest BCUT2D eigenvalue weighted by atomic mass is 32.2. The van der Waals surface area contributed by atoms with Crippen LogP contribution in [0.1, 0.15) is 33.3 Å². The summed E-state index contributed by atoms with van der Waals surface area (Å²) in [7, 11) is 1.51. The van der Waals surface area contributed by atoms with E-state index in [-0.39, 0.29) is 18.6 Å². The molecule has 0 bridgehead atoms. The topological polar surface area (TPSA) is 37.4 Å². The van der Waals surface area contributed by atoms with Gasteiger partial charge in [-0.05, 0) is 41.0 Å². The van der Waals surface area contributed by atoms with Gasteiger partial charge in [-0.2, -0.15) is 0 Å². The highest BCUT2D eigenvalue weighted by Crippen LogP contribution is 2.34. The van der Waals surface area contributed by atoms with Crippen molar-refractivity contribution in [1.29, 1.82) is 0 Å². The predicted octanol–water partition coefficient (Wildman–Crippen LogP) is 5.27. The number of nitrogens with zero attached hydrogens (tertiary/aromatic N) is 1. The van der Waals surface area contributed by atoms with Crippen molar-refractivity contribution >= 4 is 28.5 Å². The van der Waals surface area contributed by atoms with Crippen LogP contribution in [0.5, 0.6) is 0 Å². The smallest absolute Gasteiger partial charge is 0.272 e. The molecule has 1 fully saturated rings. The summed E-state index contributed by atoms with van der Waals surface area (Å²) in [6.45, 7) is 4.00. The van der Waals surface area contributed by atoms with E-state index in [2.05, 4.69) is 18.2 Å². The molecule has 1 saturated heterocycles. The summed E-state index contributed by atoms with van der Waals surface area (Å²) in [6.07, 6.45) is 6.68. The van der Waals surface area contributed by atoms with Gasteiger partial charge in [-0.15, -0.1) is 0 Å². The van der Waals surface area contributed by atoms with E-state index >= 15 is 0 Å². The van der Waals surface area contributed by atoms with E-state index in [1.807, 2.05) is 44.2 Å². The second kappa shape index (κ2) is 8.53. The Kier molecular flexibility index (Phi) is 7.04. The summed E-state index contributed by atoms with van der Waals surface area (Å²) in [6, 6.07) is 10.2. The molecule has 0 aromatic heterocycles. The Balaban J connectivity index is 0.000000849. The van der Waals surface area contributed by atoms with Crippen LogP contribution in [0.3, 0.4) is 0 Å².